The standard InChI is InChI=1S/C15H25N3S/c1-12(2)9-16-10-14-5-4-6-17-15(14)18-7-8-19-11-13(18)3/h4-6,12-13,16H,7-11H2,1-3H3. The molecule has 2 heterocycles. The lowest BCUT2D eigenvalue weighted by atomic mass is 10.2. The molecule has 0 aromatic carbocycles. The van der Waals surface area contributed by atoms with Gasteiger partial charge in [0.1, 0.15) is 5.82 Å². The molecule has 19 heavy (non-hydrogen) atoms. The third kappa shape index (κ3) is 4.11. The van der Waals surface area contributed by atoms with Crippen LogP contribution in [-0.4, -0.2) is 35.6 Å². The molecule has 2 rings (SSSR count). The molecular formula is C15H25N3S. The van der Waals surface area contributed by atoms with E-state index in [0.717, 1.165) is 19.6 Å². The van der Waals surface area contributed by atoms with E-state index in [1.807, 2.05) is 24.0 Å². The van der Waals surface area contributed by atoms with Crippen molar-refractivity contribution in [1.82, 2.24) is 10.3 Å². The summed E-state index contributed by atoms with van der Waals surface area (Å²) in [5.41, 5.74) is 1.32. The van der Waals surface area contributed by atoms with Gasteiger partial charge in [0.05, 0.1) is 0 Å². The highest BCUT2D eigenvalue weighted by atomic mass is 32.2. The van der Waals surface area contributed by atoms with Crippen molar-refractivity contribution in [2.24, 2.45) is 5.92 Å². The molecular weight excluding hydrogens is 254 g/mol. The van der Waals surface area contributed by atoms with E-state index in [9.17, 15) is 0 Å². The van der Waals surface area contributed by atoms with Crippen LogP contribution in [0.2, 0.25) is 0 Å². The molecule has 0 saturated carbocycles. The second-order valence-corrected chi connectivity index (χ2v) is 6.78. The lowest BCUT2D eigenvalue weighted by molar-refractivity contribution is 0.550. The van der Waals surface area contributed by atoms with Crippen LogP contribution in [-0.2, 0) is 6.54 Å². The Kier molecular flexibility index (Phi) is 5.52. The smallest absolute Gasteiger partial charge is 0.133 e. The maximum absolute atomic E-state index is 4.63. The summed E-state index contributed by atoms with van der Waals surface area (Å²) < 4.78 is 0. The van der Waals surface area contributed by atoms with Crippen LogP contribution in [0.4, 0.5) is 5.82 Å². The SMILES string of the molecule is CC(C)CNCc1cccnc1N1CCSCC1C. The van der Waals surface area contributed by atoms with Crippen LogP contribution in [0.3, 0.4) is 0 Å². The van der Waals surface area contributed by atoms with E-state index in [2.05, 4.69) is 42.0 Å². The number of nitrogens with one attached hydrogen (secondary N) is 1. The van der Waals surface area contributed by atoms with E-state index in [0.29, 0.717) is 12.0 Å². The number of anilines is 1. The highest BCUT2D eigenvalue weighted by Gasteiger charge is 2.21. The molecule has 0 spiro atoms. The maximum atomic E-state index is 4.63. The zero-order valence-corrected chi connectivity index (χ0v) is 13.0. The van der Waals surface area contributed by atoms with E-state index in [-0.39, 0.29) is 0 Å². The molecule has 1 aliphatic rings. The van der Waals surface area contributed by atoms with Crippen LogP contribution in [0.25, 0.3) is 0 Å². The maximum Gasteiger partial charge on any atom is 0.133 e. The average Bonchev–Trinajstić information content (AvgIpc) is 2.40. The molecule has 0 bridgehead atoms. The van der Waals surface area contributed by atoms with E-state index < -0.39 is 0 Å². The van der Waals surface area contributed by atoms with E-state index in [1.165, 1.54) is 22.9 Å². The number of hydrogen-bond donors (Lipinski definition) is 1. The Morgan fingerprint density at radius 2 is 2.37 bits per heavy atom. The summed E-state index contributed by atoms with van der Waals surface area (Å²) in [5, 5.41) is 3.52. The fraction of sp³-hybridized carbons (Fsp3) is 0.667. The molecule has 1 unspecified atom stereocenters. The first kappa shape index (κ1) is 14.7. The summed E-state index contributed by atoms with van der Waals surface area (Å²) in [6.07, 6.45) is 1.91. The zero-order valence-electron chi connectivity index (χ0n) is 12.2. The minimum absolute atomic E-state index is 0.581. The van der Waals surface area contributed by atoms with Crippen molar-refractivity contribution in [3.8, 4) is 0 Å². The van der Waals surface area contributed by atoms with Crippen LogP contribution in [0.1, 0.15) is 26.3 Å². The van der Waals surface area contributed by atoms with Crippen LogP contribution in [0, 0.1) is 5.92 Å². The van der Waals surface area contributed by atoms with Gasteiger partial charge < -0.3 is 10.2 Å². The first-order valence-corrected chi connectivity index (χ1v) is 8.33. The van der Waals surface area contributed by atoms with Crippen molar-refractivity contribution in [3.63, 3.8) is 0 Å². The molecule has 1 saturated heterocycles. The third-order valence-electron chi connectivity index (χ3n) is 3.38. The van der Waals surface area contributed by atoms with Crippen molar-refractivity contribution in [3.05, 3.63) is 23.9 Å². The van der Waals surface area contributed by atoms with Gasteiger partial charge in [-0.05, 0) is 25.5 Å². The predicted octanol–water partition coefficient (Wildman–Crippen LogP) is 2.77. The Morgan fingerprint density at radius 1 is 1.53 bits per heavy atom. The fourth-order valence-electron chi connectivity index (χ4n) is 2.36. The van der Waals surface area contributed by atoms with Crippen molar-refractivity contribution in [1.29, 1.82) is 0 Å². The third-order valence-corrected chi connectivity index (χ3v) is 4.56. The summed E-state index contributed by atoms with van der Waals surface area (Å²) >= 11 is 2.04. The van der Waals surface area contributed by atoms with Gasteiger partial charge in [0.2, 0.25) is 0 Å². The van der Waals surface area contributed by atoms with Gasteiger partial charge in [-0.3, -0.25) is 0 Å². The molecule has 4 heteroatoms. The van der Waals surface area contributed by atoms with E-state index in [4.69, 9.17) is 0 Å². The number of aromatic nitrogens is 1. The molecule has 1 N–H and O–H groups in total. The Labute approximate surface area is 121 Å². The largest absolute Gasteiger partial charge is 0.352 e. The second kappa shape index (κ2) is 7.15. The van der Waals surface area contributed by atoms with Gasteiger partial charge in [-0.15, -0.1) is 0 Å². The summed E-state index contributed by atoms with van der Waals surface area (Å²) in [6.45, 7) is 9.85. The van der Waals surface area contributed by atoms with Crippen LogP contribution in [0.5, 0.6) is 0 Å². The topological polar surface area (TPSA) is 28.2 Å². The van der Waals surface area contributed by atoms with Crippen LogP contribution in [0.15, 0.2) is 18.3 Å². The Balaban J connectivity index is 2.06. The monoisotopic (exact) mass is 279 g/mol. The van der Waals surface area contributed by atoms with Gasteiger partial charge in [-0.1, -0.05) is 19.9 Å². The molecule has 0 radical (unpaired) electrons. The molecule has 1 fully saturated rings. The summed E-state index contributed by atoms with van der Waals surface area (Å²) in [5.74, 6) is 4.27. The molecule has 1 aromatic rings. The van der Waals surface area contributed by atoms with Gasteiger partial charge in [-0.2, -0.15) is 11.8 Å². The number of thioether (sulfide) groups is 1. The summed E-state index contributed by atoms with van der Waals surface area (Å²) in [4.78, 5) is 7.09. The first-order chi connectivity index (χ1) is 9.18. The van der Waals surface area contributed by atoms with Gasteiger partial charge in [-0.25, -0.2) is 4.98 Å². The minimum Gasteiger partial charge on any atom is -0.352 e. The lowest BCUT2D eigenvalue weighted by Gasteiger charge is -2.35. The molecule has 0 amide bonds. The second-order valence-electron chi connectivity index (χ2n) is 5.63. The average molecular weight is 279 g/mol. The Hall–Kier alpha value is -0.740. The highest BCUT2D eigenvalue weighted by molar-refractivity contribution is 7.99. The molecule has 1 atom stereocenters. The number of rotatable bonds is 5. The molecule has 1 aromatic heterocycles. The van der Waals surface area contributed by atoms with Crippen molar-refractivity contribution in [2.75, 3.05) is 29.5 Å². The van der Waals surface area contributed by atoms with Crippen molar-refractivity contribution < 1.29 is 0 Å². The molecule has 1 aliphatic heterocycles. The quantitative estimate of drug-likeness (QED) is 0.897. The number of pyridine rings is 1. The minimum atomic E-state index is 0.581. The highest BCUT2D eigenvalue weighted by Crippen LogP contribution is 2.25. The lowest BCUT2D eigenvalue weighted by Crippen LogP contribution is -2.41. The van der Waals surface area contributed by atoms with E-state index >= 15 is 0 Å². The van der Waals surface area contributed by atoms with Crippen LogP contribution >= 0.6 is 11.8 Å². The summed E-state index contributed by atoms with van der Waals surface area (Å²) in [7, 11) is 0. The zero-order chi connectivity index (χ0) is 13.7. The van der Waals surface area contributed by atoms with Crippen molar-refractivity contribution >= 4 is 17.6 Å². The van der Waals surface area contributed by atoms with Gasteiger partial charge in [0.25, 0.3) is 0 Å². The molecule has 3 nitrogen and oxygen atoms in total. The molecule has 0 aliphatic carbocycles. The number of nitrogens with zero attached hydrogens (tertiary/aromatic N) is 2. The predicted molar refractivity (Wildman–Crippen MR) is 84.9 cm³/mol. The first-order valence-electron chi connectivity index (χ1n) is 7.17. The van der Waals surface area contributed by atoms with Gasteiger partial charge in [0.15, 0.2) is 0 Å². The van der Waals surface area contributed by atoms with Gasteiger partial charge in [0, 0.05) is 42.4 Å². The Bertz CT molecular complexity index is 395. The normalized spacial score (nSPS) is 20.0. The van der Waals surface area contributed by atoms with Gasteiger partial charge >= 0.3 is 0 Å². The molecule has 106 valence electrons. The van der Waals surface area contributed by atoms with Crippen molar-refractivity contribution in [2.45, 2.75) is 33.4 Å². The summed E-state index contributed by atoms with van der Waals surface area (Å²) in [6, 6.07) is 4.82. The van der Waals surface area contributed by atoms with Crippen LogP contribution < -0.4 is 10.2 Å². The Morgan fingerprint density at radius 3 is 3.11 bits per heavy atom. The van der Waals surface area contributed by atoms with E-state index in [1.54, 1.807) is 0 Å². The fourth-order valence-corrected chi connectivity index (χ4v) is 3.38. The number of hydrogen-bond acceptors (Lipinski definition) is 4.